The fourth-order valence-corrected chi connectivity index (χ4v) is 2.79. The van der Waals surface area contributed by atoms with Crippen molar-refractivity contribution in [2.45, 2.75) is 32.4 Å². The molecule has 15 heavy (non-hydrogen) atoms. The van der Waals surface area contributed by atoms with Crippen molar-refractivity contribution in [1.82, 2.24) is 5.32 Å². The Labute approximate surface area is 99.2 Å². The quantitative estimate of drug-likeness (QED) is 0.746. The average molecular weight is 255 g/mol. The smallest absolute Gasteiger partial charge is 0.237 e. The highest BCUT2D eigenvalue weighted by atomic mass is 35.5. The summed E-state index contributed by atoms with van der Waals surface area (Å²) >= 11 is 0. The summed E-state index contributed by atoms with van der Waals surface area (Å²) in [7, 11) is -0.749. The molecule has 0 radical (unpaired) electrons. The van der Waals surface area contributed by atoms with Crippen LogP contribution in [0.4, 0.5) is 0 Å². The molecule has 90 valence electrons. The predicted molar refractivity (Wildman–Crippen MR) is 64.5 cm³/mol. The van der Waals surface area contributed by atoms with Crippen LogP contribution in [0.5, 0.6) is 0 Å². The second-order valence-corrected chi connectivity index (χ2v) is 5.70. The Morgan fingerprint density at radius 2 is 2.13 bits per heavy atom. The van der Waals surface area contributed by atoms with E-state index in [2.05, 4.69) is 5.32 Å². The fourth-order valence-electron chi connectivity index (χ4n) is 1.38. The van der Waals surface area contributed by atoms with Crippen LogP contribution in [0.2, 0.25) is 0 Å². The van der Waals surface area contributed by atoms with Gasteiger partial charge in [-0.1, -0.05) is 13.8 Å². The van der Waals surface area contributed by atoms with Crippen molar-refractivity contribution in [2.24, 2.45) is 11.7 Å². The van der Waals surface area contributed by atoms with E-state index in [1.54, 1.807) is 0 Å². The van der Waals surface area contributed by atoms with E-state index in [0.29, 0.717) is 11.5 Å². The molecule has 0 saturated carbocycles. The molecule has 0 aromatic heterocycles. The molecule has 3 N–H and O–H groups in total. The van der Waals surface area contributed by atoms with Gasteiger partial charge in [0, 0.05) is 28.3 Å². The van der Waals surface area contributed by atoms with Crippen LogP contribution in [0.1, 0.15) is 20.3 Å². The Bertz CT molecular complexity index is 248. The van der Waals surface area contributed by atoms with Gasteiger partial charge in [-0.25, -0.2) is 0 Å². The van der Waals surface area contributed by atoms with E-state index in [0.717, 1.165) is 6.42 Å². The van der Waals surface area contributed by atoms with Crippen molar-refractivity contribution in [2.75, 3.05) is 11.5 Å². The lowest BCUT2D eigenvalue weighted by atomic mass is 10.0. The van der Waals surface area contributed by atoms with Gasteiger partial charge in [0.25, 0.3) is 0 Å². The van der Waals surface area contributed by atoms with Crippen molar-refractivity contribution in [1.29, 1.82) is 0 Å². The Hall–Kier alpha value is -0.130. The summed E-state index contributed by atoms with van der Waals surface area (Å²) in [5.74, 6) is 1.30. The van der Waals surface area contributed by atoms with E-state index < -0.39 is 16.8 Å². The van der Waals surface area contributed by atoms with Gasteiger partial charge in [0.1, 0.15) is 0 Å². The number of nitrogens with one attached hydrogen (secondary N) is 1. The number of halogens is 1. The van der Waals surface area contributed by atoms with Gasteiger partial charge >= 0.3 is 0 Å². The molecule has 1 amide bonds. The first-order chi connectivity index (χ1) is 6.50. The van der Waals surface area contributed by atoms with Gasteiger partial charge in [-0.15, -0.1) is 12.4 Å². The minimum atomic E-state index is -0.749. The second-order valence-electron chi connectivity index (χ2n) is 4.07. The molecule has 0 aromatic carbocycles. The molecule has 1 heterocycles. The summed E-state index contributed by atoms with van der Waals surface area (Å²) in [4.78, 5) is 11.5. The summed E-state index contributed by atoms with van der Waals surface area (Å²) in [5.41, 5.74) is 5.68. The summed E-state index contributed by atoms with van der Waals surface area (Å²) < 4.78 is 11.1. The van der Waals surface area contributed by atoms with Crippen molar-refractivity contribution < 1.29 is 9.00 Å². The maximum atomic E-state index is 11.5. The van der Waals surface area contributed by atoms with Gasteiger partial charge < -0.3 is 11.1 Å². The van der Waals surface area contributed by atoms with Crippen LogP contribution < -0.4 is 11.1 Å². The SMILES string of the molecule is CC(C)[C@H](N)C(=O)NC1CCS(=O)C1.Cl. The highest BCUT2D eigenvalue weighted by Gasteiger charge is 2.25. The van der Waals surface area contributed by atoms with E-state index in [9.17, 15) is 9.00 Å². The maximum Gasteiger partial charge on any atom is 0.237 e. The Morgan fingerprint density at radius 3 is 2.53 bits per heavy atom. The zero-order valence-electron chi connectivity index (χ0n) is 9.06. The van der Waals surface area contributed by atoms with Crippen LogP contribution in [0.15, 0.2) is 0 Å². The first kappa shape index (κ1) is 14.9. The lowest BCUT2D eigenvalue weighted by Crippen LogP contribution is -2.48. The molecule has 0 aromatic rings. The summed E-state index contributed by atoms with van der Waals surface area (Å²) in [5, 5.41) is 2.83. The van der Waals surface area contributed by atoms with Gasteiger partial charge in [0.05, 0.1) is 6.04 Å². The molecule has 1 aliphatic rings. The molecule has 0 bridgehead atoms. The Morgan fingerprint density at radius 1 is 1.53 bits per heavy atom. The van der Waals surface area contributed by atoms with Gasteiger partial charge in [-0.05, 0) is 12.3 Å². The largest absolute Gasteiger partial charge is 0.351 e. The molecule has 4 nitrogen and oxygen atoms in total. The van der Waals surface area contributed by atoms with Gasteiger partial charge in [-0.3, -0.25) is 9.00 Å². The van der Waals surface area contributed by atoms with Crippen LogP contribution in [0, 0.1) is 5.92 Å². The number of amides is 1. The third kappa shape index (κ3) is 4.49. The molecule has 3 atom stereocenters. The summed E-state index contributed by atoms with van der Waals surface area (Å²) in [6.45, 7) is 3.83. The number of nitrogens with two attached hydrogens (primary N) is 1. The van der Waals surface area contributed by atoms with E-state index >= 15 is 0 Å². The molecule has 1 fully saturated rings. The number of carbonyl (C=O) groups is 1. The Kier molecular flexibility index (Phi) is 6.40. The van der Waals surface area contributed by atoms with Crippen molar-refractivity contribution in [3.8, 4) is 0 Å². The van der Waals surface area contributed by atoms with Gasteiger partial charge in [0.2, 0.25) is 5.91 Å². The lowest BCUT2D eigenvalue weighted by Gasteiger charge is -2.18. The van der Waals surface area contributed by atoms with Crippen LogP contribution in [0.3, 0.4) is 0 Å². The van der Waals surface area contributed by atoms with E-state index in [1.807, 2.05) is 13.8 Å². The first-order valence-electron chi connectivity index (χ1n) is 4.91. The van der Waals surface area contributed by atoms with Crippen molar-refractivity contribution in [3.63, 3.8) is 0 Å². The van der Waals surface area contributed by atoms with Gasteiger partial charge in [-0.2, -0.15) is 0 Å². The standard InChI is InChI=1S/C9H18N2O2S.ClH/c1-6(2)8(10)9(12)11-7-3-4-14(13)5-7;/h6-8H,3-5,10H2,1-2H3,(H,11,12);1H/t7?,8-,14?;/m0./s1. The first-order valence-corrected chi connectivity index (χ1v) is 6.40. The van der Waals surface area contributed by atoms with Crippen LogP contribution >= 0.6 is 12.4 Å². The predicted octanol–water partition coefficient (Wildman–Crippen LogP) is 0.0287. The topological polar surface area (TPSA) is 72.2 Å². The van der Waals surface area contributed by atoms with Crippen LogP contribution in [-0.2, 0) is 15.6 Å². The van der Waals surface area contributed by atoms with E-state index in [1.165, 1.54) is 0 Å². The normalized spacial score (nSPS) is 27.2. The summed E-state index contributed by atoms with van der Waals surface area (Å²) in [6.07, 6.45) is 0.809. The lowest BCUT2D eigenvalue weighted by molar-refractivity contribution is -0.123. The molecule has 1 aliphatic heterocycles. The third-order valence-electron chi connectivity index (χ3n) is 2.45. The molecule has 0 aliphatic carbocycles. The summed E-state index contributed by atoms with van der Waals surface area (Å²) in [6, 6.07) is -0.392. The molecule has 6 heteroatoms. The zero-order chi connectivity index (χ0) is 10.7. The minimum Gasteiger partial charge on any atom is -0.351 e. The second kappa shape index (κ2) is 6.45. The minimum absolute atomic E-state index is 0. The molecular formula is C9H19ClN2O2S. The number of carbonyl (C=O) groups excluding carboxylic acids is 1. The number of hydrogen-bond donors (Lipinski definition) is 2. The van der Waals surface area contributed by atoms with Crippen molar-refractivity contribution >= 4 is 29.1 Å². The molecular weight excluding hydrogens is 236 g/mol. The average Bonchev–Trinajstić information content (AvgIpc) is 2.49. The van der Waals surface area contributed by atoms with Crippen LogP contribution in [0.25, 0.3) is 0 Å². The van der Waals surface area contributed by atoms with Crippen molar-refractivity contribution in [3.05, 3.63) is 0 Å². The van der Waals surface area contributed by atoms with E-state index in [4.69, 9.17) is 5.73 Å². The molecule has 2 unspecified atom stereocenters. The monoisotopic (exact) mass is 254 g/mol. The molecule has 1 saturated heterocycles. The number of rotatable bonds is 3. The third-order valence-corrected chi connectivity index (χ3v) is 3.91. The maximum absolute atomic E-state index is 11.5. The van der Waals surface area contributed by atoms with Gasteiger partial charge in [0.15, 0.2) is 0 Å². The Balaban J connectivity index is 0.00000196. The fraction of sp³-hybridized carbons (Fsp3) is 0.889. The molecule has 0 spiro atoms. The van der Waals surface area contributed by atoms with Crippen LogP contribution in [-0.4, -0.2) is 33.7 Å². The molecule has 1 rings (SSSR count). The highest BCUT2D eigenvalue weighted by Crippen LogP contribution is 2.08. The van der Waals surface area contributed by atoms with E-state index in [-0.39, 0.29) is 30.3 Å². The zero-order valence-corrected chi connectivity index (χ0v) is 10.7. The number of hydrogen-bond acceptors (Lipinski definition) is 3. The highest BCUT2D eigenvalue weighted by molar-refractivity contribution is 7.85.